The monoisotopic (exact) mass is 368 g/mol. The molecule has 0 aliphatic carbocycles. The van der Waals surface area contributed by atoms with Gasteiger partial charge in [-0.25, -0.2) is 0 Å². The number of nitrogens with zero attached hydrogens (tertiary/aromatic N) is 1. The molecule has 7 heteroatoms. The molecule has 1 N–H and O–H groups in total. The molecule has 1 atom stereocenters. The van der Waals surface area contributed by atoms with Gasteiger partial charge in [0.15, 0.2) is 0 Å². The third-order valence-corrected chi connectivity index (χ3v) is 4.45. The van der Waals surface area contributed by atoms with Crippen LogP contribution in [0.1, 0.15) is 25.3 Å². The lowest BCUT2D eigenvalue weighted by molar-refractivity contribution is -0.150. The first-order valence-corrected chi connectivity index (χ1v) is 8.89. The average Bonchev–Trinajstić information content (AvgIpc) is 2.60. The van der Waals surface area contributed by atoms with E-state index < -0.39 is 0 Å². The molecule has 1 aliphatic rings. The Hall–Kier alpha value is -1.79. The molecule has 25 heavy (non-hydrogen) atoms. The van der Waals surface area contributed by atoms with Gasteiger partial charge in [0.25, 0.3) is 0 Å². The second-order valence-electron chi connectivity index (χ2n) is 6.06. The van der Waals surface area contributed by atoms with Crippen LogP contribution in [0.25, 0.3) is 0 Å². The fraction of sp³-hybridized carbons (Fsp3) is 0.556. The summed E-state index contributed by atoms with van der Waals surface area (Å²) in [6.07, 6.45) is 1.70. The molecule has 6 nitrogen and oxygen atoms in total. The first kappa shape index (κ1) is 19.5. The Bertz CT molecular complexity index is 609. The number of halogens is 1. The van der Waals surface area contributed by atoms with Gasteiger partial charge in [0, 0.05) is 23.7 Å². The van der Waals surface area contributed by atoms with Crippen LogP contribution in [-0.2, 0) is 20.9 Å². The van der Waals surface area contributed by atoms with Crippen molar-refractivity contribution in [3.8, 4) is 5.75 Å². The van der Waals surface area contributed by atoms with Crippen molar-refractivity contribution in [2.75, 3.05) is 33.4 Å². The van der Waals surface area contributed by atoms with Gasteiger partial charge in [0.2, 0.25) is 5.91 Å². The smallest absolute Gasteiger partial charge is 0.310 e. The topological polar surface area (TPSA) is 67.9 Å². The summed E-state index contributed by atoms with van der Waals surface area (Å²) in [4.78, 5) is 26.1. The molecule has 0 bridgehead atoms. The van der Waals surface area contributed by atoms with E-state index in [4.69, 9.17) is 21.1 Å². The van der Waals surface area contributed by atoms with Crippen molar-refractivity contribution in [2.45, 2.75) is 26.3 Å². The molecule has 1 aromatic rings. The molecular weight excluding hydrogens is 344 g/mol. The first-order chi connectivity index (χ1) is 12.0. The molecule has 2 rings (SSSR count). The minimum absolute atomic E-state index is 0.0912. The van der Waals surface area contributed by atoms with E-state index in [1.165, 1.54) is 0 Å². The van der Waals surface area contributed by atoms with Crippen LogP contribution in [-0.4, -0.2) is 50.1 Å². The molecule has 0 saturated carbocycles. The Morgan fingerprint density at radius 3 is 2.92 bits per heavy atom. The van der Waals surface area contributed by atoms with Gasteiger partial charge in [-0.3, -0.25) is 14.5 Å². The number of ether oxygens (including phenoxy) is 2. The summed E-state index contributed by atoms with van der Waals surface area (Å²) >= 11 is 6.00. The van der Waals surface area contributed by atoms with Crippen molar-refractivity contribution in [3.05, 3.63) is 28.8 Å². The van der Waals surface area contributed by atoms with Crippen molar-refractivity contribution in [1.82, 2.24) is 10.2 Å². The summed E-state index contributed by atoms with van der Waals surface area (Å²) in [5.74, 6) is 0.280. The molecular formula is C18H25ClN2O4. The highest BCUT2D eigenvalue weighted by Crippen LogP contribution is 2.22. The van der Waals surface area contributed by atoms with Crippen LogP contribution in [0.3, 0.4) is 0 Å². The summed E-state index contributed by atoms with van der Waals surface area (Å²) in [5.41, 5.74) is 0.825. The van der Waals surface area contributed by atoms with Crippen LogP contribution < -0.4 is 10.1 Å². The highest BCUT2D eigenvalue weighted by atomic mass is 35.5. The average molecular weight is 369 g/mol. The van der Waals surface area contributed by atoms with Crippen molar-refractivity contribution >= 4 is 23.5 Å². The van der Waals surface area contributed by atoms with E-state index in [0.717, 1.165) is 24.9 Å². The van der Waals surface area contributed by atoms with Gasteiger partial charge in [-0.1, -0.05) is 11.6 Å². The zero-order valence-electron chi connectivity index (χ0n) is 14.7. The lowest BCUT2D eigenvalue weighted by Gasteiger charge is -2.30. The van der Waals surface area contributed by atoms with E-state index in [-0.39, 0.29) is 24.3 Å². The second-order valence-corrected chi connectivity index (χ2v) is 6.50. The Balaban J connectivity index is 1.84. The van der Waals surface area contributed by atoms with E-state index in [9.17, 15) is 9.59 Å². The quantitative estimate of drug-likeness (QED) is 0.747. The number of rotatable bonds is 7. The Morgan fingerprint density at radius 1 is 1.40 bits per heavy atom. The fourth-order valence-corrected chi connectivity index (χ4v) is 3.18. The third-order valence-electron chi connectivity index (χ3n) is 4.21. The Morgan fingerprint density at radius 2 is 2.20 bits per heavy atom. The van der Waals surface area contributed by atoms with Gasteiger partial charge < -0.3 is 14.8 Å². The molecule has 1 aliphatic heterocycles. The number of piperidine rings is 1. The maximum atomic E-state index is 12.2. The van der Waals surface area contributed by atoms with Gasteiger partial charge in [-0.2, -0.15) is 0 Å². The molecule has 1 heterocycles. The Labute approximate surface area is 153 Å². The molecule has 0 spiro atoms. The number of hydrogen-bond donors (Lipinski definition) is 1. The van der Waals surface area contributed by atoms with Crippen LogP contribution in [0.5, 0.6) is 5.75 Å². The predicted molar refractivity (Wildman–Crippen MR) is 95.6 cm³/mol. The summed E-state index contributed by atoms with van der Waals surface area (Å²) in [7, 11) is 1.58. The number of carbonyl (C=O) groups excluding carboxylic acids is 2. The highest BCUT2D eigenvalue weighted by molar-refractivity contribution is 6.30. The summed E-state index contributed by atoms with van der Waals surface area (Å²) < 4.78 is 10.4. The van der Waals surface area contributed by atoms with Crippen LogP contribution in [0.2, 0.25) is 5.02 Å². The number of nitrogens with one attached hydrogen (secondary N) is 1. The molecule has 1 fully saturated rings. The van der Waals surface area contributed by atoms with E-state index in [2.05, 4.69) is 5.32 Å². The number of amides is 1. The Kier molecular flexibility index (Phi) is 7.52. The maximum Gasteiger partial charge on any atom is 0.310 e. The van der Waals surface area contributed by atoms with Crippen LogP contribution in [0.4, 0.5) is 0 Å². The van der Waals surface area contributed by atoms with Gasteiger partial charge in [-0.15, -0.1) is 0 Å². The molecule has 0 radical (unpaired) electrons. The SMILES string of the molecule is CCOC(=O)C1CCCN(CC(=O)NCc2cc(Cl)ccc2OC)C1. The molecule has 1 aromatic carbocycles. The first-order valence-electron chi connectivity index (χ1n) is 8.51. The summed E-state index contributed by atoms with van der Waals surface area (Å²) in [6, 6.07) is 5.30. The lowest BCUT2D eigenvalue weighted by Crippen LogP contribution is -2.44. The normalized spacial score (nSPS) is 17.8. The van der Waals surface area contributed by atoms with Crippen molar-refractivity contribution < 1.29 is 19.1 Å². The zero-order chi connectivity index (χ0) is 18.2. The van der Waals surface area contributed by atoms with Crippen LogP contribution in [0, 0.1) is 5.92 Å². The maximum absolute atomic E-state index is 12.2. The zero-order valence-corrected chi connectivity index (χ0v) is 15.5. The number of benzene rings is 1. The fourth-order valence-electron chi connectivity index (χ4n) is 2.99. The van der Waals surface area contributed by atoms with E-state index in [1.54, 1.807) is 32.2 Å². The molecule has 1 unspecified atom stereocenters. The summed E-state index contributed by atoms with van der Waals surface area (Å²) in [5, 5.41) is 3.48. The van der Waals surface area contributed by atoms with Gasteiger partial charge in [-0.05, 0) is 44.5 Å². The largest absolute Gasteiger partial charge is 0.496 e. The highest BCUT2D eigenvalue weighted by Gasteiger charge is 2.27. The number of likely N-dealkylation sites (tertiary alicyclic amines) is 1. The van der Waals surface area contributed by atoms with Crippen LogP contribution >= 0.6 is 11.6 Å². The van der Waals surface area contributed by atoms with E-state index >= 15 is 0 Å². The molecule has 0 aromatic heterocycles. The van der Waals surface area contributed by atoms with E-state index in [0.29, 0.717) is 30.5 Å². The third kappa shape index (κ3) is 5.90. The summed E-state index contributed by atoms with van der Waals surface area (Å²) in [6.45, 7) is 4.17. The predicted octanol–water partition coefficient (Wildman–Crippen LogP) is 2.24. The minimum Gasteiger partial charge on any atom is -0.496 e. The number of hydrogen-bond acceptors (Lipinski definition) is 5. The number of esters is 1. The number of methoxy groups -OCH3 is 1. The number of carbonyl (C=O) groups is 2. The van der Waals surface area contributed by atoms with Crippen LogP contribution in [0.15, 0.2) is 18.2 Å². The van der Waals surface area contributed by atoms with Crippen molar-refractivity contribution in [2.24, 2.45) is 5.92 Å². The van der Waals surface area contributed by atoms with Crippen molar-refractivity contribution in [1.29, 1.82) is 0 Å². The molecule has 1 amide bonds. The van der Waals surface area contributed by atoms with Gasteiger partial charge in [0.05, 0.1) is 26.2 Å². The molecule has 138 valence electrons. The van der Waals surface area contributed by atoms with Gasteiger partial charge >= 0.3 is 5.97 Å². The molecule has 1 saturated heterocycles. The lowest BCUT2D eigenvalue weighted by atomic mass is 9.98. The second kappa shape index (κ2) is 9.63. The van der Waals surface area contributed by atoms with Crippen molar-refractivity contribution in [3.63, 3.8) is 0 Å². The van der Waals surface area contributed by atoms with E-state index in [1.807, 2.05) is 4.90 Å². The van der Waals surface area contributed by atoms with Gasteiger partial charge in [0.1, 0.15) is 5.75 Å². The minimum atomic E-state index is -0.170. The standard InChI is InChI=1S/C18H25ClN2O4/c1-3-25-18(23)13-5-4-8-21(11-13)12-17(22)20-10-14-9-15(19)6-7-16(14)24-2/h6-7,9,13H,3-5,8,10-12H2,1-2H3,(H,20,22).